The Morgan fingerprint density at radius 3 is 2.86 bits per heavy atom. The van der Waals surface area contributed by atoms with Gasteiger partial charge in [-0.2, -0.15) is 10.0 Å². The van der Waals surface area contributed by atoms with E-state index in [1.807, 2.05) is 26.8 Å². The van der Waals surface area contributed by atoms with Crippen LogP contribution in [0.25, 0.3) is 0 Å². The molecule has 3 N–H and O–H groups in total. The molecule has 1 heterocycles. The van der Waals surface area contributed by atoms with Gasteiger partial charge in [0.1, 0.15) is 0 Å². The number of carbonyl (C=O) groups excluding carboxylic acids is 1. The first-order valence-electron chi connectivity index (χ1n) is 7.13. The van der Waals surface area contributed by atoms with Gasteiger partial charge < -0.3 is 15.1 Å². The molecular weight excluding hydrogens is 290 g/mol. The number of benzene rings is 1. The molecule has 1 aliphatic carbocycles. The highest BCUT2D eigenvalue weighted by molar-refractivity contribution is 5.97. The van der Waals surface area contributed by atoms with Gasteiger partial charge in [-0.25, -0.2) is 4.79 Å². The number of hydrogen-bond donors (Lipinski definition) is 3. The molecule has 0 radical (unpaired) electrons. The highest BCUT2D eigenvalue weighted by Crippen LogP contribution is 2.50. The van der Waals surface area contributed by atoms with E-state index in [1.54, 1.807) is 0 Å². The standard InChI is InChI=1S/C15H19NO6/c1-7-4-8-9(5-15(2,3)13(8)17)12-11(7)10(22-14(12)18)6-21-16(19)20/h4,10,13,16-17,19H,5-6H2,1-3H3. The summed E-state index contributed by atoms with van der Waals surface area (Å²) in [6, 6.07) is 1.86. The first-order valence-corrected chi connectivity index (χ1v) is 7.13. The molecule has 1 aromatic rings. The Kier molecular flexibility index (Phi) is 3.50. The summed E-state index contributed by atoms with van der Waals surface area (Å²) in [7, 11) is 0. The van der Waals surface area contributed by atoms with Crippen molar-refractivity contribution in [2.75, 3.05) is 6.61 Å². The Hall–Kier alpha value is -1.51. The number of aliphatic hydroxyl groups is 1. The summed E-state index contributed by atoms with van der Waals surface area (Å²) in [6.07, 6.45) is -0.772. The van der Waals surface area contributed by atoms with Crippen LogP contribution in [0.3, 0.4) is 0 Å². The average molecular weight is 309 g/mol. The lowest BCUT2D eigenvalue weighted by Gasteiger charge is -2.22. The van der Waals surface area contributed by atoms with Crippen LogP contribution in [0.5, 0.6) is 0 Å². The van der Waals surface area contributed by atoms with Gasteiger partial charge in [-0.15, -0.1) is 0 Å². The molecule has 3 unspecified atom stereocenters. The number of carbonyl (C=O) groups is 1. The summed E-state index contributed by atoms with van der Waals surface area (Å²) in [5, 5.41) is 28.2. The largest absolute Gasteiger partial charge is 0.566 e. The molecule has 0 aromatic heterocycles. The van der Waals surface area contributed by atoms with Crippen LogP contribution in [-0.2, 0) is 16.0 Å². The zero-order chi connectivity index (χ0) is 16.2. The molecule has 3 rings (SSSR count). The Bertz CT molecular complexity index is 639. The summed E-state index contributed by atoms with van der Waals surface area (Å²) >= 11 is 0. The number of rotatable bonds is 3. The van der Waals surface area contributed by atoms with Gasteiger partial charge in [0.2, 0.25) is 0 Å². The van der Waals surface area contributed by atoms with Gasteiger partial charge in [-0.3, -0.25) is 0 Å². The molecule has 2 aliphatic rings. The van der Waals surface area contributed by atoms with E-state index in [0.29, 0.717) is 17.5 Å². The van der Waals surface area contributed by atoms with E-state index in [1.165, 1.54) is 0 Å². The van der Waals surface area contributed by atoms with E-state index in [0.717, 1.165) is 16.7 Å². The third kappa shape index (κ3) is 2.22. The number of nitrogens with one attached hydrogen (secondary N) is 1. The number of aliphatic hydroxyl groups excluding tert-OH is 1. The second kappa shape index (κ2) is 5.00. The minimum absolute atomic E-state index is 0.223. The Balaban J connectivity index is 2.06. The minimum Gasteiger partial charge on any atom is -0.566 e. The summed E-state index contributed by atoms with van der Waals surface area (Å²) in [6.45, 7) is 5.50. The Morgan fingerprint density at radius 1 is 1.55 bits per heavy atom. The summed E-state index contributed by atoms with van der Waals surface area (Å²) in [5.41, 5.74) is 3.17. The van der Waals surface area contributed by atoms with E-state index in [9.17, 15) is 15.1 Å². The fourth-order valence-corrected chi connectivity index (χ4v) is 3.47. The van der Waals surface area contributed by atoms with Crippen LogP contribution in [0, 0.1) is 17.5 Å². The number of fused-ring (bicyclic) bond motifs is 3. The minimum atomic E-state index is -1.40. The van der Waals surface area contributed by atoms with Crippen molar-refractivity contribution in [2.24, 2.45) is 5.41 Å². The SMILES string of the molecule is Cc1cc2c(c3c1C(CO[NH+]([O-])O)OC3=O)CC(C)(C)C2O. The molecule has 3 atom stereocenters. The van der Waals surface area contributed by atoms with Crippen molar-refractivity contribution in [3.05, 3.63) is 39.1 Å². The van der Waals surface area contributed by atoms with Gasteiger partial charge in [0.05, 0.1) is 11.7 Å². The van der Waals surface area contributed by atoms with Crippen molar-refractivity contribution in [2.45, 2.75) is 39.4 Å². The number of hydrogen-bond acceptors (Lipinski definition) is 6. The first-order chi connectivity index (χ1) is 10.2. The highest BCUT2D eigenvalue weighted by atomic mass is 17.1. The van der Waals surface area contributed by atoms with E-state index in [2.05, 4.69) is 4.84 Å². The number of esters is 1. The quantitative estimate of drug-likeness (QED) is 0.556. The Labute approximate surface area is 127 Å². The highest BCUT2D eigenvalue weighted by Gasteiger charge is 2.45. The molecule has 7 nitrogen and oxygen atoms in total. The molecule has 0 fully saturated rings. The molecular formula is C15H19NO6. The van der Waals surface area contributed by atoms with Crippen LogP contribution in [0.2, 0.25) is 0 Å². The molecule has 0 spiro atoms. The maximum atomic E-state index is 12.2. The van der Waals surface area contributed by atoms with Crippen LogP contribution < -0.4 is 5.39 Å². The van der Waals surface area contributed by atoms with Gasteiger partial charge >= 0.3 is 5.97 Å². The van der Waals surface area contributed by atoms with Gasteiger partial charge in [0.25, 0.3) is 0 Å². The smallest absolute Gasteiger partial charge is 0.339 e. The number of ether oxygens (including phenoxy) is 1. The van der Waals surface area contributed by atoms with Crippen LogP contribution >= 0.6 is 0 Å². The molecule has 0 saturated carbocycles. The molecule has 120 valence electrons. The van der Waals surface area contributed by atoms with Gasteiger partial charge in [-0.05, 0) is 35.4 Å². The van der Waals surface area contributed by atoms with E-state index in [-0.39, 0.29) is 12.0 Å². The summed E-state index contributed by atoms with van der Waals surface area (Å²) in [4.78, 5) is 16.8. The molecule has 1 aliphatic heterocycles. The van der Waals surface area contributed by atoms with Crippen LogP contribution in [0.1, 0.15) is 58.7 Å². The lowest BCUT2D eigenvalue weighted by atomic mass is 9.87. The predicted molar refractivity (Wildman–Crippen MR) is 73.8 cm³/mol. The van der Waals surface area contributed by atoms with Crippen molar-refractivity contribution in [1.29, 1.82) is 0 Å². The molecule has 0 amide bonds. The second-order valence-electron chi connectivity index (χ2n) is 6.59. The summed E-state index contributed by atoms with van der Waals surface area (Å²) < 4.78 is 5.28. The average Bonchev–Trinajstić information content (AvgIpc) is 2.86. The molecule has 7 heteroatoms. The zero-order valence-electron chi connectivity index (χ0n) is 12.7. The number of quaternary nitrogens is 1. The van der Waals surface area contributed by atoms with E-state index < -0.39 is 23.6 Å². The van der Waals surface area contributed by atoms with Crippen molar-refractivity contribution in [3.63, 3.8) is 0 Å². The first kappa shape index (κ1) is 15.4. The number of cyclic esters (lactones) is 1. The van der Waals surface area contributed by atoms with Crippen molar-refractivity contribution >= 4 is 5.97 Å². The molecule has 0 saturated heterocycles. The third-order valence-electron chi connectivity index (χ3n) is 4.52. The van der Waals surface area contributed by atoms with Gasteiger partial charge in [0, 0.05) is 5.56 Å². The van der Waals surface area contributed by atoms with Crippen molar-refractivity contribution in [3.8, 4) is 0 Å². The van der Waals surface area contributed by atoms with E-state index >= 15 is 0 Å². The lowest BCUT2D eigenvalue weighted by molar-refractivity contribution is -1.21. The second-order valence-corrected chi connectivity index (χ2v) is 6.59. The number of aryl methyl sites for hydroxylation is 1. The zero-order valence-corrected chi connectivity index (χ0v) is 12.7. The Morgan fingerprint density at radius 2 is 2.23 bits per heavy atom. The van der Waals surface area contributed by atoms with Crippen LogP contribution in [0.15, 0.2) is 6.07 Å². The van der Waals surface area contributed by atoms with Crippen molar-refractivity contribution < 1.29 is 30.1 Å². The maximum Gasteiger partial charge on any atom is 0.339 e. The fourth-order valence-electron chi connectivity index (χ4n) is 3.47. The lowest BCUT2D eigenvalue weighted by Crippen LogP contribution is -3.03. The van der Waals surface area contributed by atoms with Gasteiger partial charge in [-0.1, -0.05) is 25.3 Å². The van der Waals surface area contributed by atoms with E-state index in [4.69, 9.17) is 9.94 Å². The molecule has 22 heavy (non-hydrogen) atoms. The topological polar surface area (TPSA) is 103 Å². The molecule has 1 aromatic carbocycles. The normalized spacial score (nSPS) is 26.5. The third-order valence-corrected chi connectivity index (χ3v) is 4.52. The van der Waals surface area contributed by atoms with Crippen LogP contribution in [-0.4, -0.2) is 22.9 Å². The monoisotopic (exact) mass is 309 g/mol. The summed E-state index contributed by atoms with van der Waals surface area (Å²) in [5.74, 6) is -0.473. The molecule has 0 bridgehead atoms. The maximum absolute atomic E-state index is 12.2. The van der Waals surface area contributed by atoms with Crippen LogP contribution in [0.4, 0.5) is 0 Å². The van der Waals surface area contributed by atoms with Crippen molar-refractivity contribution in [1.82, 2.24) is 0 Å². The fraction of sp³-hybridized carbons (Fsp3) is 0.533. The van der Waals surface area contributed by atoms with Gasteiger partial charge in [0.15, 0.2) is 12.7 Å². The predicted octanol–water partition coefficient (Wildman–Crippen LogP) is 0.526.